The third kappa shape index (κ3) is 9.39. The van der Waals surface area contributed by atoms with Crippen LogP contribution in [-0.4, -0.2) is 152 Å². The van der Waals surface area contributed by atoms with Crippen LogP contribution in [0.15, 0.2) is 24.3 Å². The molecule has 14 heteroatoms. The summed E-state index contributed by atoms with van der Waals surface area (Å²) in [6, 6.07) is -0.171. The molecule has 0 radical (unpaired) electrons. The molecule has 4 aliphatic rings. The van der Waals surface area contributed by atoms with Gasteiger partial charge >= 0.3 is 5.97 Å². The number of fused-ring (bicyclic) bond motifs is 1. The minimum atomic E-state index is -1.87. The first-order valence-electron chi connectivity index (χ1n) is 17.7. The number of hydrogen-bond donors (Lipinski definition) is 3. The van der Waals surface area contributed by atoms with Crippen LogP contribution in [-0.2, 0) is 47.5 Å². The molecule has 0 aromatic heterocycles. The Morgan fingerprint density at radius 3 is 2.18 bits per heavy atom. The predicted molar refractivity (Wildman–Crippen MR) is 180 cm³/mol. The second-order valence-electron chi connectivity index (χ2n) is 14.8. The largest absolute Gasteiger partial charge is 0.456 e. The molecule has 14 nitrogen and oxygen atoms in total. The molecule has 0 aromatic rings. The average molecular weight is 714 g/mol. The third-order valence-corrected chi connectivity index (χ3v) is 10.6. The molecule has 4 aliphatic heterocycles. The molecule has 0 spiro atoms. The highest BCUT2D eigenvalue weighted by atomic mass is 16.7. The Morgan fingerprint density at radius 2 is 1.54 bits per heavy atom. The van der Waals surface area contributed by atoms with Gasteiger partial charge in [0.25, 0.3) is 0 Å². The molecule has 3 N–H and O–H groups in total. The minimum Gasteiger partial charge on any atom is -0.456 e. The van der Waals surface area contributed by atoms with E-state index in [1.54, 1.807) is 19.1 Å². The second kappa shape index (κ2) is 17.3. The van der Waals surface area contributed by atoms with Gasteiger partial charge in [-0.3, -0.25) is 4.79 Å². The minimum absolute atomic E-state index is 0.119. The molecule has 3 fully saturated rings. The monoisotopic (exact) mass is 713 g/mol. The number of rotatable bonds is 8. The lowest BCUT2D eigenvalue weighted by atomic mass is 9.84. The van der Waals surface area contributed by atoms with E-state index in [4.69, 9.17) is 37.9 Å². The number of likely N-dealkylation sites (N-methyl/N-ethyl adjacent to an activating group) is 1. The van der Waals surface area contributed by atoms with Crippen molar-refractivity contribution in [1.82, 2.24) is 4.90 Å². The summed E-state index contributed by atoms with van der Waals surface area (Å²) >= 11 is 0. The lowest BCUT2D eigenvalue weighted by Gasteiger charge is -2.43. The van der Waals surface area contributed by atoms with E-state index in [0.29, 0.717) is 12.8 Å². The number of hydrogen-bond acceptors (Lipinski definition) is 14. The van der Waals surface area contributed by atoms with Gasteiger partial charge in [0, 0.05) is 38.2 Å². The van der Waals surface area contributed by atoms with Crippen LogP contribution in [0.25, 0.3) is 0 Å². The summed E-state index contributed by atoms with van der Waals surface area (Å²) < 4.78 is 47.0. The van der Waals surface area contributed by atoms with Gasteiger partial charge in [-0.2, -0.15) is 0 Å². The van der Waals surface area contributed by atoms with Gasteiger partial charge < -0.3 is 58.1 Å². The quantitative estimate of drug-likeness (QED) is 0.243. The molecule has 0 saturated carbocycles. The zero-order chi connectivity index (χ0) is 37.1. The molecule has 0 bridgehead atoms. The predicted octanol–water partition coefficient (Wildman–Crippen LogP) is 1.37. The summed E-state index contributed by atoms with van der Waals surface area (Å²) in [6.45, 7) is 10.5. The molecule has 0 amide bonds. The van der Waals surface area contributed by atoms with E-state index in [1.807, 2.05) is 46.7 Å². The van der Waals surface area contributed by atoms with Crippen LogP contribution in [0, 0.1) is 17.8 Å². The van der Waals surface area contributed by atoms with E-state index in [-0.39, 0.29) is 35.7 Å². The molecule has 17 unspecified atom stereocenters. The van der Waals surface area contributed by atoms with Crippen LogP contribution in [0.1, 0.15) is 54.4 Å². The molecular formula is C36H59NO13. The number of ether oxygens (including phenoxy) is 8. The number of esters is 1. The van der Waals surface area contributed by atoms with Gasteiger partial charge in [-0.15, -0.1) is 0 Å². The smallest absolute Gasteiger partial charge is 0.330 e. The fourth-order valence-corrected chi connectivity index (χ4v) is 7.36. The number of ketones is 1. The van der Waals surface area contributed by atoms with Crippen molar-refractivity contribution in [3.05, 3.63) is 24.3 Å². The number of aliphatic hydroxyl groups excluding tert-OH is 2. The molecule has 4 heterocycles. The number of carbonyl (C=O) groups is 2. The number of aliphatic hydroxyl groups is 3. The summed E-state index contributed by atoms with van der Waals surface area (Å²) in [5.74, 6) is -1.73. The van der Waals surface area contributed by atoms with Gasteiger partial charge in [-0.1, -0.05) is 26.8 Å². The van der Waals surface area contributed by atoms with Gasteiger partial charge in [0.15, 0.2) is 24.0 Å². The summed E-state index contributed by atoms with van der Waals surface area (Å²) in [4.78, 5) is 28.5. The summed E-state index contributed by atoms with van der Waals surface area (Å²) in [6.07, 6.45) is -2.27. The molecule has 286 valence electrons. The van der Waals surface area contributed by atoms with Crippen LogP contribution >= 0.6 is 0 Å². The molecule has 50 heavy (non-hydrogen) atoms. The fourth-order valence-electron chi connectivity index (χ4n) is 7.36. The van der Waals surface area contributed by atoms with Crippen molar-refractivity contribution >= 4 is 11.8 Å². The normalized spacial score (nSPS) is 47.7. The number of carbonyl (C=O) groups excluding carboxylic acids is 2. The Bertz CT molecular complexity index is 1200. The molecule has 17 atom stereocenters. The zero-order valence-electron chi connectivity index (χ0n) is 31.0. The first-order chi connectivity index (χ1) is 23.5. The lowest BCUT2D eigenvalue weighted by Crippen LogP contribution is -2.60. The topological polar surface area (TPSA) is 175 Å². The Morgan fingerprint density at radius 1 is 0.860 bits per heavy atom. The third-order valence-electron chi connectivity index (χ3n) is 10.6. The zero-order valence-corrected chi connectivity index (χ0v) is 31.0. The SMILES string of the molecule is COC1C(OCC2(O)C(C)OC(=O)/C=C/C(C)C(OC3OC(C)CC(N(C)C)C3O)C(C)CC(C)C(=O)/C=C/C3OC32)OC(C)C(O)C1OC. The van der Waals surface area contributed by atoms with Crippen molar-refractivity contribution < 1.29 is 62.8 Å². The van der Waals surface area contributed by atoms with E-state index in [9.17, 15) is 24.9 Å². The second-order valence-corrected chi connectivity index (χ2v) is 14.8. The van der Waals surface area contributed by atoms with E-state index in [1.165, 1.54) is 33.3 Å². The van der Waals surface area contributed by atoms with Crippen LogP contribution in [0.4, 0.5) is 0 Å². The van der Waals surface area contributed by atoms with Gasteiger partial charge in [-0.05, 0) is 65.8 Å². The van der Waals surface area contributed by atoms with E-state index >= 15 is 0 Å². The van der Waals surface area contributed by atoms with E-state index in [2.05, 4.69) is 0 Å². The van der Waals surface area contributed by atoms with Gasteiger partial charge in [0.1, 0.15) is 42.7 Å². The molecular weight excluding hydrogens is 654 g/mol. The first kappa shape index (κ1) is 40.9. The van der Waals surface area contributed by atoms with Crippen LogP contribution in [0.2, 0.25) is 0 Å². The summed E-state index contributed by atoms with van der Waals surface area (Å²) in [7, 11) is 6.69. The Hall–Kier alpha value is -1.82. The van der Waals surface area contributed by atoms with Crippen LogP contribution in [0.3, 0.4) is 0 Å². The highest BCUT2D eigenvalue weighted by Crippen LogP contribution is 2.39. The number of allylic oxidation sites excluding steroid dienone is 1. The molecule has 0 aromatic carbocycles. The highest BCUT2D eigenvalue weighted by Gasteiger charge is 2.58. The van der Waals surface area contributed by atoms with Crippen molar-refractivity contribution in [3.63, 3.8) is 0 Å². The number of cyclic esters (lactones) is 1. The average Bonchev–Trinajstić information content (AvgIpc) is 3.86. The van der Waals surface area contributed by atoms with Crippen molar-refractivity contribution in [2.24, 2.45) is 17.8 Å². The maximum absolute atomic E-state index is 13.3. The first-order valence-corrected chi connectivity index (χ1v) is 17.7. The lowest BCUT2D eigenvalue weighted by molar-refractivity contribution is -0.312. The van der Waals surface area contributed by atoms with Crippen molar-refractivity contribution in [1.29, 1.82) is 0 Å². The van der Waals surface area contributed by atoms with Gasteiger partial charge in [-0.25, -0.2) is 4.79 Å². The van der Waals surface area contributed by atoms with Crippen LogP contribution < -0.4 is 0 Å². The van der Waals surface area contributed by atoms with Gasteiger partial charge in [0.2, 0.25) is 0 Å². The molecule has 4 rings (SSSR count). The highest BCUT2D eigenvalue weighted by molar-refractivity contribution is 5.91. The molecule has 3 saturated heterocycles. The van der Waals surface area contributed by atoms with Crippen molar-refractivity contribution in [3.8, 4) is 0 Å². The maximum Gasteiger partial charge on any atom is 0.330 e. The van der Waals surface area contributed by atoms with Crippen molar-refractivity contribution in [2.45, 2.75) is 140 Å². The van der Waals surface area contributed by atoms with E-state index < -0.39 is 85.7 Å². The number of epoxide rings is 1. The summed E-state index contributed by atoms with van der Waals surface area (Å²) in [5.41, 5.74) is -1.87. The van der Waals surface area contributed by atoms with Gasteiger partial charge in [0.05, 0.1) is 24.9 Å². The fraction of sp³-hybridized carbons (Fsp3) is 0.833. The Labute approximate surface area is 295 Å². The maximum atomic E-state index is 13.3. The molecule has 0 aliphatic carbocycles. The number of nitrogens with zero attached hydrogens (tertiary/aromatic N) is 1. The van der Waals surface area contributed by atoms with E-state index in [0.717, 1.165) is 0 Å². The number of methoxy groups -OCH3 is 2. The summed E-state index contributed by atoms with van der Waals surface area (Å²) in [5, 5.41) is 33.8. The Kier molecular flexibility index (Phi) is 14.2. The Balaban J connectivity index is 1.57. The standard InChI is InChI=1S/C36H59NO13/c1-18-11-14-27(39)48-23(6)36(42,17-45-35-32(44-10)31(43-9)28(40)22(5)47-35)33-26(49-33)13-12-25(38)19(2)15-20(3)30(18)50-34-29(41)24(37(7)8)16-21(4)46-34/h11-14,18-24,26,28-35,40-42H,15-17H2,1-10H3/b13-12+,14-11+. The van der Waals surface area contributed by atoms with Crippen molar-refractivity contribution in [2.75, 3.05) is 34.9 Å². The van der Waals surface area contributed by atoms with Crippen LogP contribution in [0.5, 0.6) is 0 Å².